The highest BCUT2D eigenvalue weighted by Crippen LogP contribution is 2.18. The van der Waals surface area contributed by atoms with Crippen molar-refractivity contribution in [1.29, 1.82) is 0 Å². The van der Waals surface area contributed by atoms with Crippen LogP contribution in [-0.4, -0.2) is 28.7 Å². The molecule has 2 aromatic rings. The quantitative estimate of drug-likeness (QED) is 0.774. The first-order valence-corrected chi connectivity index (χ1v) is 7.80. The van der Waals surface area contributed by atoms with Crippen molar-refractivity contribution in [1.82, 2.24) is 20.6 Å². The second kappa shape index (κ2) is 8.27. The number of hydrogen-bond acceptors (Lipinski definition) is 4. The molecule has 2 amide bonds. The van der Waals surface area contributed by atoms with E-state index >= 15 is 0 Å². The van der Waals surface area contributed by atoms with E-state index in [9.17, 15) is 14.0 Å². The van der Waals surface area contributed by atoms with Gasteiger partial charge in [-0.3, -0.25) is 25.1 Å². The van der Waals surface area contributed by atoms with E-state index in [0.717, 1.165) is 11.4 Å². The van der Waals surface area contributed by atoms with Crippen molar-refractivity contribution in [2.75, 3.05) is 7.11 Å². The number of benzene rings is 1. The molecule has 8 heteroatoms. The van der Waals surface area contributed by atoms with Gasteiger partial charge in [0.05, 0.1) is 12.8 Å². The Morgan fingerprint density at radius 2 is 1.92 bits per heavy atom. The van der Waals surface area contributed by atoms with E-state index in [1.165, 1.54) is 19.2 Å². The van der Waals surface area contributed by atoms with Gasteiger partial charge in [-0.05, 0) is 44.0 Å². The van der Waals surface area contributed by atoms with Crippen molar-refractivity contribution in [3.63, 3.8) is 0 Å². The van der Waals surface area contributed by atoms with Gasteiger partial charge in [0, 0.05) is 12.1 Å². The number of amides is 2. The number of rotatable bonds is 6. The summed E-state index contributed by atoms with van der Waals surface area (Å²) in [7, 11) is 1.39. The van der Waals surface area contributed by atoms with Crippen LogP contribution in [-0.2, 0) is 22.6 Å². The summed E-state index contributed by atoms with van der Waals surface area (Å²) >= 11 is 0. The van der Waals surface area contributed by atoms with Crippen LogP contribution in [0, 0.1) is 19.7 Å². The number of ether oxygens (including phenoxy) is 1. The maximum atomic E-state index is 13.6. The lowest BCUT2D eigenvalue weighted by Gasteiger charge is -2.09. The fourth-order valence-corrected chi connectivity index (χ4v) is 2.34. The first kappa shape index (κ1) is 18.4. The molecule has 1 aromatic heterocycles. The van der Waals surface area contributed by atoms with Crippen molar-refractivity contribution in [3.05, 3.63) is 47.0 Å². The number of nitrogens with one attached hydrogen (secondary N) is 2. The van der Waals surface area contributed by atoms with E-state index in [2.05, 4.69) is 16.0 Å². The maximum Gasteiger partial charge on any atom is 0.260 e. The molecule has 0 saturated carbocycles. The third-order valence-electron chi connectivity index (χ3n) is 3.60. The van der Waals surface area contributed by atoms with Crippen LogP contribution in [0.15, 0.2) is 24.3 Å². The van der Waals surface area contributed by atoms with Gasteiger partial charge >= 0.3 is 0 Å². The van der Waals surface area contributed by atoms with Crippen molar-refractivity contribution in [3.8, 4) is 5.75 Å². The molecule has 2 N–H and O–H groups in total. The van der Waals surface area contributed by atoms with E-state index in [-0.39, 0.29) is 30.5 Å². The molecular formula is C17H21FN4O3. The molecule has 0 unspecified atom stereocenters. The zero-order valence-electron chi connectivity index (χ0n) is 14.4. The Morgan fingerprint density at radius 3 is 2.52 bits per heavy atom. The molecule has 1 heterocycles. The lowest BCUT2D eigenvalue weighted by molar-refractivity contribution is -0.129. The van der Waals surface area contributed by atoms with Crippen LogP contribution in [0.25, 0.3) is 0 Å². The van der Waals surface area contributed by atoms with Crippen LogP contribution in [0.4, 0.5) is 4.39 Å². The lowest BCUT2D eigenvalue weighted by Crippen LogP contribution is -2.43. The van der Waals surface area contributed by atoms with Gasteiger partial charge in [-0.15, -0.1) is 0 Å². The first-order chi connectivity index (χ1) is 11.9. The highest BCUT2D eigenvalue weighted by atomic mass is 19.1. The number of aryl methyl sites for hydroxylation is 3. The zero-order chi connectivity index (χ0) is 18.4. The predicted octanol–water partition coefficient (Wildman–Crippen LogP) is 1.43. The summed E-state index contributed by atoms with van der Waals surface area (Å²) < 4.78 is 20.0. The van der Waals surface area contributed by atoms with Crippen molar-refractivity contribution in [2.45, 2.75) is 33.2 Å². The number of halogens is 1. The molecule has 0 spiro atoms. The molecule has 0 fully saturated rings. The SMILES string of the molecule is COc1ccc(CCC(=O)NNC(=O)Cn2nc(C)cc2C)cc1F. The standard InChI is InChI=1S/C17H21FN4O3/c1-11-8-12(2)22(21-11)10-17(24)20-19-16(23)7-5-13-4-6-15(25-3)14(18)9-13/h4,6,8-9H,5,7,10H2,1-3H3,(H,19,23)(H,20,24). The normalized spacial score (nSPS) is 10.4. The Labute approximate surface area is 145 Å². The lowest BCUT2D eigenvalue weighted by atomic mass is 10.1. The predicted molar refractivity (Wildman–Crippen MR) is 89.3 cm³/mol. The maximum absolute atomic E-state index is 13.6. The van der Waals surface area contributed by atoms with Gasteiger partial charge in [0.25, 0.3) is 5.91 Å². The molecule has 134 valence electrons. The second-order valence-corrected chi connectivity index (χ2v) is 5.65. The first-order valence-electron chi connectivity index (χ1n) is 7.80. The number of carbonyl (C=O) groups excluding carboxylic acids is 2. The molecule has 7 nitrogen and oxygen atoms in total. The third kappa shape index (κ3) is 5.30. The van der Waals surface area contributed by atoms with Crippen LogP contribution in [0.3, 0.4) is 0 Å². The highest BCUT2D eigenvalue weighted by molar-refractivity contribution is 5.81. The molecular weight excluding hydrogens is 327 g/mol. The van der Waals surface area contributed by atoms with E-state index in [4.69, 9.17) is 4.74 Å². The summed E-state index contributed by atoms with van der Waals surface area (Å²) in [6.45, 7) is 3.70. The smallest absolute Gasteiger partial charge is 0.260 e. The molecule has 25 heavy (non-hydrogen) atoms. The average Bonchev–Trinajstić information content (AvgIpc) is 2.88. The van der Waals surface area contributed by atoms with E-state index in [0.29, 0.717) is 12.0 Å². The number of methoxy groups -OCH3 is 1. The Balaban J connectivity index is 1.76. The molecule has 0 aliphatic rings. The summed E-state index contributed by atoms with van der Waals surface area (Å²) in [5, 5.41) is 4.17. The molecule has 0 atom stereocenters. The fraction of sp³-hybridized carbons (Fsp3) is 0.353. The largest absolute Gasteiger partial charge is 0.494 e. The molecule has 0 bridgehead atoms. The van der Waals surface area contributed by atoms with Gasteiger partial charge in [-0.2, -0.15) is 5.10 Å². The average molecular weight is 348 g/mol. The van der Waals surface area contributed by atoms with Crippen molar-refractivity contribution >= 4 is 11.8 Å². The molecule has 2 rings (SSSR count). The Morgan fingerprint density at radius 1 is 1.20 bits per heavy atom. The van der Waals surface area contributed by atoms with Crippen LogP contribution in [0.2, 0.25) is 0 Å². The molecule has 0 aliphatic heterocycles. The number of aromatic nitrogens is 2. The number of nitrogens with zero attached hydrogens (tertiary/aromatic N) is 2. The Hall–Kier alpha value is -2.90. The van der Waals surface area contributed by atoms with Gasteiger partial charge in [-0.1, -0.05) is 6.07 Å². The third-order valence-corrected chi connectivity index (χ3v) is 3.60. The zero-order valence-corrected chi connectivity index (χ0v) is 14.4. The van der Waals surface area contributed by atoms with Gasteiger partial charge in [0.2, 0.25) is 5.91 Å². The Bertz CT molecular complexity index is 773. The van der Waals surface area contributed by atoms with Gasteiger partial charge in [0.1, 0.15) is 6.54 Å². The summed E-state index contributed by atoms with van der Waals surface area (Å²) in [4.78, 5) is 23.6. The number of hydrogen-bond donors (Lipinski definition) is 2. The summed E-state index contributed by atoms with van der Waals surface area (Å²) in [6.07, 6.45) is 0.464. The Kier molecular flexibility index (Phi) is 6.10. The molecule has 0 saturated heterocycles. The number of hydrazine groups is 1. The van der Waals surface area contributed by atoms with Gasteiger partial charge in [-0.25, -0.2) is 4.39 Å². The minimum Gasteiger partial charge on any atom is -0.494 e. The molecule has 0 radical (unpaired) electrons. The molecule has 1 aromatic carbocycles. The summed E-state index contributed by atoms with van der Waals surface area (Å²) in [5.41, 5.74) is 7.03. The summed E-state index contributed by atoms with van der Waals surface area (Å²) in [6, 6.07) is 6.39. The monoisotopic (exact) mass is 348 g/mol. The van der Waals surface area contributed by atoms with Crippen LogP contribution >= 0.6 is 0 Å². The van der Waals surface area contributed by atoms with Crippen LogP contribution in [0.1, 0.15) is 23.4 Å². The summed E-state index contributed by atoms with van der Waals surface area (Å²) in [5.74, 6) is -1.06. The van der Waals surface area contributed by atoms with E-state index < -0.39 is 5.82 Å². The van der Waals surface area contributed by atoms with Crippen LogP contribution < -0.4 is 15.6 Å². The van der Waals surface area contributed by atoms with Gasteiger partial charge in [0.15, 0.2) is 11.6 Å². The minimum atomic E-state index is -0.474. The van der Waals surface area contributed by atoms with E-state index in [1.54, 1.807) is 10.7 Å². The van der Waals surface area contributed by atoms with Gasteiger partial charge < -0.3 is 4.74 Å². The topological polar surface area (TPSA) is 85.3 Å². The minimum absolute atomic E-state index is 0.0175. The van der Waals surface area contributed by atoms with Crippen molar-refractivity contribution in [2.24, 2.45) is 0 Å². The highest BCUT2D eigenvalue weighted by Gasteiger charge is 2.09. The van der Waals surface area contributed by atoms with Crippen LogP contribution in [0.5, 0.6) is 5.75 Å². The number of carbonyl (C=O) groups is 2. The van der Waals surface area contributed by atoms with Crippen molar-refractivity contribution < 1.29 is 18.7 Å². The van der Waals surface area contributed by atoms with E-state index in [1.807, 2.05) is 19.9 Å². The second-order valence-electron chi connectivity index (χ2n) is 5.65. The fourth-order valence-electron chi connectivity index (χ4n) is 2.34. The molecule has 0 aliphatic carbocycles.